The fourth-order valence-corrected chi connectivity index (χ4v) is 3.80. The summed E-state index contributed by atoms with van der Waals surface area (Å²) >= 11 is 4.26. The number of aliphatic hydroxyl groups excluding tert-OH is 1. The predicted octanol–water partition coefficient (Wildman–Crippen LogP) is 8.24. The number of unbranched alkanes of at least 4 members (excludes halogenated alkanes) is 16. The van der Waals surface area contributed by atoms with Gasteiger partial charge in [0, 0.05) is 7.11 Å². The van der Waals surface area contributed by atoms with Crippen molar-refractivity contribution in [2.75, 3.05) is 19.5 Å². The lowest BCUT2D eigenvalue weighted by molar-refractivity contribution is 0.304. The summed E-state index contributed by atoms with van der Waals surface area (Å²) in [7, 11) is 1.00. The normalized spacial score (nSPS) is 10.4. The van der Waals surface area contributed by atoms with Crippen LogP contribution in [0.25, 0.3) is 0 Å². The van der Waals surface area contributed by atoms with Gasteiger partial charge in [-0.1, -0.05) is 115 Å². The van der Waals surface area contributed by atoms with Crippen LogP contribution in [0.1, 0.15) is 109 Å². The van der Waals surface area contributed by atoms with Gasteiger partial charge in [0.15, 0.2) is 0 Å². The molecule has 0 heterocycles. The van der Waals surface area contributed by atoms with Crippen molar-refractivity contribution in [3.63, 3.8) is 0 Å². The number of hydrogen-bond donors (Lipinski definition) is 2. The molecule has 0 spiro atoms. The van der Waals surface area contributed by atoms with E-state index in [2.05, 4.69) is 12.6 Å². The molecule has 1 aromatic carbocycles. The maximum Gasteiger partial charge on any atom is 0.119 e. The predicted molar refractivity (Wildman–Crippen MR) is 132 cm³/mol. The Hall–Kier alpha value is -0.670. The maximum absolute atomic E-state index is 7.00. The van der Waals surface area contributed by atoms with Crippen molar-refractivity contribution >= 4 is 12.6 Å². The maximum atomic E-state index is 7.00. The molecule has 2 nitrogen and oxygen atoms in total. The van der Waals surface area contributed by atoms with E-state index in [0.29, 0.717) is 0 Å². The van der Waals surface area contributed by atoms with Gasteiger partial charge in [0.1, 0.15) is 5.75 Å². The molecule has 1 rings (SSSR count). The van der Waals surface area contributed by atoms with Gasteiger partial charge >= 0.3 is 0 Å². The van der Waals surface area contributed by atoms with Crippen LogP contribution >= 0.6 is 12.6 Å². The fourth-order valence-electron chi connectivity index (χ4n) is 3.57. The summed E-state index contributed by atoms with van der Waals surface area (Å²) in [5.74, 6) is 2.06. The van der Waals surface area contributed by atoms with Crippen LogP contribution in [0.2, 0.25) is 0 Å². The lowest BCUT2D eigenvalue weighted by Gasteiger charge is -2.06. The highest BCUT2D eigenvalue weighted by molar-refractivity contribution is 7.80. The third kappa shape index (κ3) is 21.8. The van der Waals surface area contributed by atoms with Crippen molar-refractivity contribution in [2.24, 2.45) is 0 Å². The van der Waals surface area contributed by atoms with Gasteiger partial charge in [0.05, 0.1) is 6.61 Å². The minimum atomic E-state index is 0.861. The summed E-state index contributed by atoms with van der Waals surface area (Å²) in [5, 5.41) is 7.00. The molecule has 0 aliphatic rings. The van der Waals surface area contributed by atoms with Gasteiger partial charge in [-0.2, -0.15) is 12.6 Å². The highest BCUT2D eigenvalue weighted by Crippen LogP contribution is 2.14. The van der Waals surface area contributed by atoms with E-state index in [9.17, 15) is 0 Å². The van der Waals surface area contributed by atoms with E-state index < -0.39 is 0 Å². The Morgan fingerprint density at radius 3 is 1.28 bits per heavy atom. The number of rotatable bonds is 20. The third-order valence-corrected chi connectivity index (χ3v) is 5.63. The van der Waals surface area contributed by atoms with Crippen LogP contribution in [-0.2, 0) is 0 Å². The molecule has 0 fully saturated rings. The lowest BCUT2D eigenvalue weighted by Crippen LogP contribution is -1.96. The van der Waals surface area contributed by atoms with E-state index in [0.717, 1.165) is 25.2 Å². The highest BCUT2D eigenvalue weighted by Gasteiger charge is 1.96. The van der Waals surface area contributed by atoms with Gasteiger partial charge in [-0.25, -0.2) is 0 Å². The molecule has 29 heavy (non-hydrogen) atoms. The van der Waals surface area contributed by atoms with Crippen molar-refractivity contribution in [2.45, 2.75) is 109 Å². The number of aliphatic hydroxyl groups is 1. The minimum absolute atomic E-state index is 0.861. The zero-order chi connectivity index (χ0) is 21.3. The first kappa shape index (κ1) is 28.3. The molecular weight excluding hydrogens is 376 g/mol. The molecular formula is C26H48O2S. The van der Waals surface area contributed by atoms with Crippen LogP contribution in [0, 0.1) is 0 Å². The Kier molecular flexibility index (Phi) is 24.8. The number of hydrogen-bond acceptors (Lipinski definition) is 3. The second-order valence-corrected chi connectivity index (χ2v) is 8.34. The first-order valence-electron chi connectivity index (χ1n) is 12.2. The van der Waals surface area contributed by atoms with E-state index in [1.54, 1.807) is 0 Å². The van der Waals surface area contributed by atoms with Gasteiger partial charge in [-0.05, 0) is 30.7 Å². The molecule has 0 amide bonds. The number of para-hydroxylation sites is 1. The second-order valence-electron chi connectivity index (χ2n) is 7.90. The molecule has 0 saturated heterocycles. The Morgan fingerprint density at radius 2 is 0.897 bits per heavy atom. The number of benzene rings is 1. The first-order valence-corrected chi connectivity index (χ1v) is 12.8. The molecule has 0 aliphatic heterocycles. The zero-order valence-corrected chi connectivity index (χ0v) is 20.0. The lowest BCUT2D eigenvalue weighted by atomic mass is 10.0. The fraction of sp³-hybridized carbons (Fsp3) is 0.769. The van der Waals surface area contributed by atoms with Crippen molar-refractivity contribution in [1.29, 1.82) is 0 Å². The standard InChI is InChI=1S/C25H44OS.CH4O/c27-24-20-15-13-11-9-7-5-3-1-2-4-6-8-10-12-14-19-23-26-25-21-17-16-18-22-25;1-2/h16-18,21-22,27H,1-15,19-20,23-24H2;2H,1H3. The summed E-state index contributed by atoms with van der Waals surface area (Å²) in [6.07, 6.45) is 23.8. The van der Waals surface area contributed by atoms with E-state index >= 15 is 0 Å². The summed E-state index contributed by atoms with van der Waals surface area (Å²) < 4.78 is 5.73. The van der Waals surface area contributed by atoms with Crippen molar-refractivity contribution in [3.05, 3.63) is 30.3 Å². The zero-order valence-electron chi connectivity index (χ0n) is 19.1. The number of thiol groups is 1. The quantitative estimate of drug-likeness (QED) is 0.163. The van der Waals surface area contributed by atoms with E-state index in [1.807, 2.05) is 30.3 Å². The average Bonchev–Trinajstić information content (AvgIpc) is 2.77. The van der Waals surface area contributed by atoms with Crippen LogP contribution in [-0.4, -0.2) is 24.6 Å². The van der Waals surface area contributed by atoms with Crippen molar-refractivity contribution in [1.82, 2.24) is 0 Å². The summed E-state index contributed by atoms with van der Waals surface area (Å²) in [6, 6.07) is 10.2. The SMILES string of the molecule is CO.SCCCCCCCCCCCCCCCCCCCOc1ccccc1. The van der Waals surface area contributed by atoms with Gasteiger partial charge in [-0.15, -0.1) is 0 Å². The molecule has 0 aliphatic carbocycles. The largest absolute Gasteiger partial charge is 0.494 e. The topological polar surface area (TPSA) is 29.5 Å². The Morgan fingerprint density at radius 1 is 0.552 bits per heavy atom. The number of ether oxygens (including phenoxy) is 1. The first-order chi connectivity index (χ1) is 14.4. The summed E-state index contributed by atoms with van der Waals surface area (Å²) in [4.78, 5) is 0. The van der Waals surface area contributed by atoms with Crippen LogP contribution in [0.15, 0.2) is 30.3 Å². The van der Waals surface area contributed by atoms with Crippen LogP contribution in [0.5, 0.6) is 5.75 Å². The average molecular weight is 425 g/mol. The Balaban J connectivity index is 0.00000379. The van der Waals surface area contributed by atoms with Gasteiger partial charge in [0.2, 0.25) is 0 Å². The molecule has 0 atom stereocenters. The van der Waals surface area contributed by atoms with E-state index in [1.165, 1.54) is 109 Å². The molecule has 170 valence electrons. The van der Waals surface area contributed by atoms with Crippen molar-refractivity contribution in [3.8, 4) is 5.75 Å². The van der Waals surface area contributed by atoms with Crippen molar-refractivity contribution < 1.29 is 9.84 Å². The van der Waals surface area contributed by atoms with Crippen LogP contribution < -0.4 is 4.74 Å². The van der Waals surface area contributed by atoms with E-state index in [-0.39, 0.29) is 0 Å². The third-order valence-electron chi connectivity index (χ3n) is 5.31. The minimum Gasteiger partial charge on any atom is -0.494 e. The van der Waals surface area contributed by atoms with Gasteiger partial charge in [-0.3, -0.25) is 0 Å². The van der Waals surface area contributed by atoms with Gasteiger partial charge in [0.25, 0.3) is 0 Å². The molecule has 1 aromatic rings. The molecule has 0 aromatic heterocycles. The molecule has 0 saturated carbocycles. The second kappa shape index (κ2) is 25.4. The molecule has 1 N–H and O–H groups in total. The highest BCUT2D eigenvalue weighted by atomic mass is 32.1. The molecule has 0 unspecified atom stereocenters. The molecule has 3 heteroatoms. The van der Waals surface area contributed by atoms with Crippen LogP contribution in [0.4, 0.5) is 0 Å². The van der Waals surface area contributed by atoms with Crippen LogP contribution in [0.3, 0.4) is 0 Å². The Labute approximate surface area is 187 Å². The van der Waals surface area contributed by atoms with E-state index in [4.69, 9.17) is 9.84 Å². The summed E-state index contributed by atoms with van der Waals surface area (Å²) in [5.41, 5.74) is 0. The monoisotopic (exact) mass is 424 g/mol. The molecule has 0 bridgehead atoms. The summed E-state index contributed by atoms with van der Waals surface area (Å²) in [6.45, 7) is 0.861. The van der Waals surface area contributed by atoms with Gasteiger partial charge < -0.3 is 9.84 Å². The Bertz CT molecular complexity index is 397. The molecule has 0 radical (unpaired) electrons. The smallest absolute Gasteiger partial charge is 0.119 e.